The van der Waals surface area contributed by atoms with Crippen LogP contribution in [0.15, 0.2) is 30.3 Å². The van der Waals surface area contributed by atoms with Crippen LogP contribution in [0.2, 0.25) is 0 Å². The molecule has 0 aromatic heterocycles. The van der Waals surface area contributed by atoms with Gasteiger partial charge in [0.05, 0.1) is 6.10 Å². The van der Waals surface area contributed by atoms with Gasteiger partial charge in [0, 0.05) is 13.1 Å². The monoisotopic (exact) mass is 290 g/mol. The van der Waals surface area contributed by atoms with Crippen molar-refractivity contribution in [3.63, 3.8) is 0 Å². The number of nitrogens with one attached hydrogen (secondary N) is 2. The summed E-state index contributed by atoms with van der Waals surface area (Å²) in [4.78, 5) is 11.8. The van der Waals surface area contributed by atoms with E-state index in [9.17, 15) is 9.90 Å². The lowest BCUT2D eigenvalue weighted by Gasteiger charge is -2.41. The third-order valence-electron chi connectivity index (χ3n) is 4.68. The van der Waals surface area contributed by atoms with Crippen LogP contribution in [0.3, 0.4) is 0 Å². The molecule has 1 aromatic rings. The molecule has 21 heavy (non-hydrogen) atoms. The Morgan fingerprint density at radius 2 is 2.00 bits per heavy atom. The standard InChI is InChI=1S/C17H26N2O2/c1-2-17(10-6-11-17)13-19-16(21)18-12-9-15(20)14-7-4-3-5-8-14/h3-5,7-8,15,20H,2,6,9-13H2,1H3,(H2,18,19,21). The molecule has 1 unspecified atom stereocenters. The minimum Gasteiger partial charge on any atom is -0.388 e. The van der Waals surface area contributed by atoms with Crippen LogP contribution < -0.4 is 10.6 Å². The van der Waals surface area contributed by atoms with Crippen LogP contribution in [-0.4, -0.2) is 24.2 Å². The Morgan fingerprint density at radius 3 is 2.57 bits per heavy atom. The number of carbonyl (C=O) groups is 1. The number of benzene rings is 1. The van der Waals surface area contributed by atoms with Gasteiger partial charge in [0.2, 0.25) is 0 Å². The lowest BCUT2D eigenvalue weighted by atomic mass is 9.67. The zero-order valence-corrected chi connectivity index (χ0v) is 12.8. The smallest absolute Gasteiger partial charge is 0.314 e. The second-order valence-corrected chi connectivity index (χ2v) is 6.03. The molecule has 0 heterocycles. The first-order chi connectivity index (χ1) is 10.2. The van der Waals surface area contributed by atoms with Crippen molar-refractivity contribution in [3.8, 4) is 0 Å². The van der Waals surface area contributed by atoms with E-state index in [0.29, 0.717) is 18.4 Å². The molecule has 3 N–H and O–H groups in total. The predicted octanol–water partition coefficient (Wildman–Crippen LogP) is 2.99. The van der Waals surface area contributed by atoms with Crippen molar-refractivity contribution in [1.29, 1.82) is 0 Å². The molecule has 1 aliphatic carbocycles. The molecule has 1 atom stereocenters. The fourth-order valence-corrected chi connectivity index (χ4v) is 2.83. The summed E-state index contributed by atoms with van der Waals surface area (Å²) in [5.41, 5.74) is 1.22. The number of urea groups is 1. The molecule has 0 aliphatic heterocycles. The third kappa shape index (κ3) is 4.46. The summed E-state index contributed by atoms with van der Waals surface area (Å²) >= 11 is 0. The van der Waals surface area contributed by atoms with Gasteiger partial charge in [-0.05, 0) is 36.7 Å². The maximum Gasteiger partial charge on any atom is 0.314 e. The number of rotatable bonds is 7. The molecular weight excluding hydrogens is 264 g/mol. The zero-order valence-electron chi connectivity index (χ0n) is 12.8. The van der Waals surface area contributed by atoms with Crippen molar-refractivity contribution in [2.24, 2.45) is 5.41 Å². The molecule has 0 bridgehead atoms. The SMILES string of the molecule is CCC1(CNC(=O)NCCC(O)c2ccccc2)CCC1. The van der Waals surface area contributed by atoms with E-state index in [1.807, 2.05) is 30.3 Å². The van der Waals surface area contributed by atoms with Crippen LogP contribution in [0.25, 0.3) is 0 Å². The van der Waals surface area contributed by atoms with Gasteiger partial charge in [-0.15, -0.1) is 0 Å². The molecule has 0 saturated heterocycles. The van der Waals surface area contributed by atoms with Gasteiger partial charge in [-0.25, -0.2) is 4.79 Å². The highest BCUT2D eigenvalue weighted by Crippen LogP contribution is 2.42. The number of hydrogen-bond donors (Lipinski definition) is 3. The van der Waals surface area contributed by atoms with Crippen molar-refractivity contribution in [2.75, 3.05) is 13.1 Å². The summed E-state index contributed by atoms with van der Waals surface area (Å²) in [5.74, 6) is 0. The van der Waals surface area contributed by atoms with Crippen LogP contribution in [0.5, 0.6) is 0 Å². The minimum atomic E-state index is -0.528. The summed E-state index contributed by atoms with van der Waals surface area (Å²) in [5, 5.41) is 15.8. The Labute approximate surface area is 126 Å². The Balaban J connectivity index is 1.63. The van der Waals surface area contributed by atoms with E-state index in [2.05, 4.69) is 17.6 Å². The average molecular weight is 290 g/mol. The Hall–Kier alpha value is -1.55. The highest BCUT2D eigenvalue weighted by atomic mass is 16.3. The van der Waals surface area contributed by atoms with Crippen LogP contribution in [0.1, 0.15) is 50.7 Å². The largest absolute Gasteiger partial charge is 0.388 e. The van der Waals surface area contributed by atoms with Gasteiger partial charge in [-0.2, -0.15) is 0 Å². The van der Waals surface area contributed by atoms with Gasteiger partial charge in [-0.1, -0.05) is 43.7 Å². The Kier molecular flexibility index (Phi) is 5.62. The van der Waals surface area contributed by atoms with E-state index < -0.39 is 6.10 Å². The van der Waals surface area contributed by atoms with E-state index in [-0.39, 0.29) is 6.03 Å². The number of hydrogen-bond acceptors (Lipinski definition) is 2. The van der Waals surface area contributed by atoms with Crippen LogP contribution in [-0.2, 0) is 0 Å². The molecule has 116 valence electrons. The highest BCUT2D eigenvalue weighted by molar-refractivity contribution is 5.73. The van der Waals surface area contributed by atoms with Crippen molar-refractivity contribution >= 4 is 6.03 Å². The molecule has 1 aliphatic rings. The fraction of sp³-hybridized carbons (Fsp3) is 0.588. The second kappa shape index (κ2) is 7.46. The van der Waals surface area contributed by atoms with Crippen LogP contribution in [0, 0.1) is 5.41 Å². The highest BCUT2D eigenvalue weighted by Gasteiger charge is 2.35. The van der Waals surface area contributed by atoms with Crippen molar-refractivity contribution in [3.05, 3.63) is 35.9 Å². The lowest BCUT2D eigenvalue weighted by molar-refractivity contribution is 0.125. The first-order valence-electron chi connectivity index (χ1n) is 7.90. The quantitative estimate of drug-likeness (QED) is 0.723. The van der Waals surface area contributed by atoms with Crippen LogP contribution in [0.4, 0.5) is 4.79 Å². The normalized spacial score (nSPS) is 17.6. The van der Waals surface area contributed by atoms with Crippen molar-refractivity contribution in [2.45, 2.75) is 45.1 Å². The minimum absolute atomic E-state index is 0.130. The van der Waals surface area contributed by atoms with Gasteiger partial charge in [0.25, 0.3) is 0 Å². The molecule has 2 rings (SSSR count). The van der Waals surface area contributed by atoms with E-state index in [0.717, 1.165) is 18.5 Å². The lowest BCUT2D eigenvalue weighted by Crippen LogP contribution is -2.45. The summed E-state index contributed by atoms with van der Waals surface area (Å²) in [6.45, 7) is 3.42. The molecule has 2 amide bonds. The summed E-state index contributed by atoms with van der Waals surface area (Å²) < 4.78 is 0. The van der Waals surface area contributed by atoms with E-state index in [4.69, 9.17) is 0 Å². The predicted molar refractivity (Wildman–Crippen MR) is 84.0 cm³/mol. The Bertz CT molecular complexity index is 438. The molecule has 4 heteroatoms. The van der Waals surface area contributed by atoms with E-state index in [1.54, 1.807) is 0 Å². The molecule has 1 fully saturated rings. The van der Waals surface area contributed by atoms with Gasteiger partial charge in [0.15, 0.2) is 0 Å². The molecule has 0 radical (unpaired) electrons. The van der Waals surface area contributed by atoms with Crippen LogP contribution >= 0.6 is 0 Å². The second-order valence-electron chi connectivity index (χ2n) is 6.03. The van der Waals surface area contributed by atoms with Crippen molar-refractivity contribution in [1.82, 2.24) is 10.6 Å². The molecule has 1 saturated carbocycles. The molecule has 4 nitrogen and oxygen atoms in total. The fourth-order valence-electron chi connectivity index (χ4n) is 2.83. The first kappa shape index (κ1) is 15.8. The topological polar surface area (TPSA) is 61.4 Å². The van der Waals surface area contributed by atoms with Gasteiger partial charge >= 0.3 is 6.03 Å². The average Bonchev–Trinajstić information content (AvgIpc) is 2.47. The molecule has 1 aromatic carbocycles. The van der Waals surface area contributed by atoms with Gasteiger partial charge in [0.1, 0.15) is 0 Å². The zero-order chi connectivity index (χ0) is 15.1. The summed E-state index contributed by atoms with van der Waals surface area (Å²) in [7, 11) is 0. The Morgan fingerprint density at radius 1 is 1.29 bits per heavy atom. The number of carbonyl (C=O) groups excluding carboxylic acids is 1. The first-order valence-corrected chi connectivity index (χ1v) is 7.90. The number of aliphatic hydroxyl groups excluding tert-OH is 1. The molecular formula is C17H26N2O2. The van der Waals surface area contributed by atoms with Gasteiger partial charge < -0.3 is 15.7 Å². The summed E-state index contributed by atoms with van der Waals surface area (Å²) in [6, 6.07) is 9.39. The summed E-state index contributed by atoms with van der Waals surface area (Å²) in [6.07, 6.45) is 4.84. The number of aliphatic hydroxyl groups is 1. The van der Waals surface area contributed by atoms with Crippen molar-refractivity contribution < 1.29 is 9.90 Å². The molecule has 0 spiro atoms. The van der Waals surface area contributed by atoms with E-state index >= 15 is 0 Å². The van der Waals surface area contributed by atoms with E-state index in [1.165, 1.54) is 19.3 Å². The maximum absolute atomic E-state index is 11.8. The third-order valence-corrected chi connectivity index (χ3v) is 4.68. The van der Waals surface area contributed by atoms with Gasteiger partial charge in [-0.3, -0.25) is 0 Å². The maximum atomic E-state index is 11.8. The number of amides is 2.